The van der Waals surface area contributed by atoms with Crippen LogP contribution in [0.1, 0.15) is 32.1 Å². The number of rotatable bonds is 1. The Hall–Kier alpha value is -0.770. The van der Waals surface area contributed by atoms with Crippen molar-refractivity contribution in [2.24, 2.45) is 0 Å². The molecule has 0 saturated carbocycles. The van der Waals surface area contributed by atoms with Crippen LogP contribution in [0.25, 0.3) is 0 Å². The molecule has 1 N–H and O–H groups in total. The fraction of sp³-hybridized carbons (Fsp3) is 0.900. The molecule has 0 unspecified atom stereocenters. The summed E-state index contributed by atoms with van der Waals surface area (Å²) in [6.45, 7) is 3.89. The highest BCUT2D eigenvalue weighted by Gasteiger charge is 2.19. The average molecular weight is 197 g/mol. The van der Waals surface area contributed by atoms with Crippen LogP contribution in [0.4, 0.5) is 4.79 Å². The molecule has 2 saturated heterocycles. The van der Waals surface area contributed by atoms with Gasteiger partial charge in [-0.3, -0.25) is 5.43 Å². The fourth-order valence-electron chi connectivity index (χ4n) is 2.13. The Labute approximate surface area is 85.2 Å². The number of urea groups is 1. The van der Waals surface area contributed by atoms with Crippen LogP contribution in [0.5, 0.6) is 0 Å². The summed E-state index contributed by atoms with van der Waals surface area (Å²) in [6, 6.07) is 0.103. The smallest absolute Gasteiger partial charge is 0.324 e. The number of amides is 2. The molecule has 2 aliphatic heterocycles. The van der Waals surface area contributed by atoms with Gasteiger partial charge in [0.1, 0.15) is 0 Å². The van der Waals surface area contributed by atoms with E-state index in [1.165, 1.54) is 19.3 Å². The second kappa shape index (κ2) is 4.64. The number of carbonyl (C=O) groups excluding carboxylic acids is 1. The van der Waals surface area contributed by atoms with Crippen molar-refractivity contribution in [3.05, 3.63) is 0 Å². The van der Waals surface area contributed by atoms with Crippen molar-refractivity contribution < 1.29 is 4.79 Å². The molecule has 2 amide bonds. The minimum absolute atomic E-state index is 0.103. The highest BCUT2D eigenvalue weighted by Crippen LogP contribution is 2.09. The maximum Gasteiger partial charge on any atom is 0.331 e. The normalized spacial score (nSPS) is 23.9. The second-order valence-corrected chi connectivity index (χ2v) is 4.16. The van der Waals surface area contributed by atoms with Gasteiger partial charge in [-0.1, -0.05) is 0 Å². The fourth-order valence-corrected chi connectivity index (χ4v) is 2.13. The van der Waals surface area contributed by atoms with Gasteiger partial charge in [0.2, 0.25) is 0 Å². The summed E-state index contributed by atoms with van der Waals surface area (Å²) in [6.07, 6.45) is 6.01. The summed E-state index contributed by atoms with van der Waals surface area (Å²) in [5, 5.41) is 2.04. The number of carbonyl (C=O) groups is 1. The quantitative estimate of drug-likeness (QED) is 0.685. The first-order chi connectivity index (χ1) is 6.86. The number of hydrazine groups is 1. The maximum absolute atomic E-state index is 11.7. The molecule has 0 radical (unpaired) electrons. The summed E-state index contributed by atoms with van der Waals surface area (Å²) in [4.78, 5) is 13.7. The Bertz CT molecular complexity index is 196. The molecule has 2 rings (SSSR count). The maximum atomic E-state index is 11.7. The molecule has 4 nitrogen and oxygen atoms in total. The molecule has 0 aromatic carbocycles. The first kappa shape index (κ1) is 9.77. The summed E-state index contributed by atoms with van der Waals surface area (Å²) in [7, 11) is 0. The summed E-state index contributed by atoms with van der Waals surface area (Å²) in [5.41, 5.74) is 2.97. The minimum atomic E-state index is 0.103. The van der Waals surface area contributed by atoms with Gasteiger partial charge in [-0.05, 0) is 32.1 Å². The minimum Gasteiger partial charge on any atom is -0.324 e. The number of hydrogen-bond donors (Lipinski definition) is 1. The van der Waals surface area contributed by atoms with Crippen LogP contribution in [-0.2, 0) is 0 Å². The van der Waals surface area contributed by atoms with Gasteiger partial charge in [0.05, 0.1) is 0 Å². The van der Waals surface area contributed by atoms with E-state index in [1.807, 2.05) is 9.91 Å². The lowest BCUT2D eigenvalue weighted by Gasteiger charge is -2.29. The van der Waals surface area contributed by atoms with Crippen LogP contribution in [0, 0.1) is 0 Å². The first-order valence-corrected chi connectivity index (χ1v) is 5.67. The van der Waals surface area contributed by atoms with E-state index in [2.05, 4.69) is 5.43 Å². The van der Waals surface area contributed by atoms with Gasteiger partial charge >= 0.3 is 6.03 Å². The third-order valence-electron chi connectivity index (χ3n) is 3.00. The van der Waals surface area contributed by atoms with Crippen LogP contribution < -0.4 is 5.43 Å². The Morgan fingerprint density at radius 2 is 1.43 bits per heavy atom. The number of nitrogens with one attached hydrogen (secondary N) is 1. The van der Waals surface area contributed by atoms with Gasteiger partial charge in [0, 0.05) is 26.2 Å². The molecule has 0 atom stereocenters. The van der Waals surface area contributed by atoms with E-state index < -0.39 is 0 Å². The molecular weight excluding hydrogens is 178 g/mol. The predicted octanol–water partition coefficient (Wildman–Crippen LogP) is 1.19. The number of piperidine rings is 1. The van der Waals surface area contributed by atoms with Gasteiger partial charge in [0.15, 0.2) is 0 Å². The van der Waals surface area contributed by atoms with Crippen molar-refractivity contribution in [1.29, 1.82) is 0 Å². The summed E-state index contributed by atoms with van der Waals surface area (Å²) < 4.78 is 0. The van der Waals surface area contributed by atoms with E-state index in [9.17, 15) is 4.79 Å². The second-order valence-electron chi connectivity index (χ2n) is 4.16. The summed E-state index contributed by atoms with van der Waals surface area (Å²) >= 11 is 0. The third-order valence-corrected chi connectivity index (χ3v) is 3.00. The Morgan fingerprint density at radius 1 is 0.857 bits per heavy atom. The van der Waals surface area contributed by atoms with Gasteiger partial charge in [-0.25, -0.2) is 9.80 Å². The van der Waals surface area contributed by atoms with Gasteiger partial charge in [-0.2, -0.15) is 0 Å². The molecule has 0 spiro atoms. The lowest BCUT2D eigenvalue weighted by molar-refractivity contribution is 0.151. The molecule has 80 valence electrons. The van der Waals surface area contributed by atoms with E-state index in [4.69, 9.17) is 0 Å². The van der Waals surface area contributed by atoms with Crippen molar-refractivity contribution in [2.75, 3.05) is 26.2 Å². The standard InChI is InChI=1S/C10H19N3O/c14-10(11-13-8-4-5-9-13)12-6-2-1-3-7-12/h1-9H2,(H,11,14). The van der Waals surface area contributed by atoms with E-state index in [0.717, 1.165) is 39.0 Å². The molecule has 14 heavy (non-hydrogen) atoms. The van der Waals surface area contributed by atoms with Crippen LogP contribution in [0.15, 0.2) is 0 Å². The third kappa shape index (κ3) is 2.38. The van der Waals surface area contributed by atoms with Crippen molar-refractivity contribution in [2.45, 2.75) is 32.1 Å². The molecule has 2 heterocycles. The lowest BCUT2D eigenvalue weighted by atomic mass is 10.1. The molecule has 2 fully saturated rings. The van der Waals surface area contributed by atoms with E-state index in [0.29, 0.717) is 0 Å². The van der Waals surface area contributed by atoms with Crippen molar-refractivity contribution in [3.8, 4) is 0 Å². The monoisotopic (exact) mass is 197 g/mol. The predicted molar refractivity (Wildman–Crippen MR) is 54.8 cm³/mol. The van der Waals surface area contributed by atoms with Gasteiger partial charge in [-0.15, -0.1) is 0 Å². The molecule has 0 aliphatic carbocycles. The zero-order valence-electron chi connectivity index (χ0n) is 8.67. The molecular formula is C10H19N3O. The number of likely N-dealkylation sites (tertiary alicyclic amines) is 1. The van der Waals surface area contributed by atoms with Crippen molar-refractivity contribution in [1.82, 2.24) is 15.3 Å². The summed E-state index contributed by atoms with van der Waals surface area (Å²) in [5.74, 6) is 0. The van der Waals surface area contributed by atoms with Crippen LogP contribution in [-0.4, -0.2) is 42.1 Å². The van der Waals surface area contributed by atoms with E-state index >= 15 is 0 Å². The molecule has 4 heteroatoms. The molecule has 2 aliphatic rings. The van der Waals surface area contributed by atoms with Crippen molar-refractivity contribution in [3.63, 3.8) is 0 Å². The number of nitrogens with zero attached hydrogens (tertiary/aromatic N) is 2. The van der Waals surface area contributed by atoms with Crippen LogP contribution in [0.2, 0.25) is 0 Å². The van der Waals surface area contributed by atoms with Crippen LogP contribution >= 0.6 is 0 Å². The van der Waals surface area contributed by atoms with Crippen LogP contribution in [0.3, 0.4) is 0 Å². The van der Waals surface area contributed by atoms with Gasteiger partial charge in [0.25, 0.3) is 0 Å². The number of hydrogen-bond acceptors (Lipinski definition) is 2. The molecule has 0 aromatic heterocycles. The largest absolute Gasteiger partial charge is 0.331 e. The average Bonchev–Trinajstić information content (AvgIpc) is 2.72. The van der Waals surface area contributed by atoms with E-state index in [1.54, 1.807) is 0 Å². The topological polar surface area (TPSA) is 35.6 Å². The first-order valence-electron chi connectivity index (χ1n) is 5.67. The highest BCUT2D eigenvalue weighted by molar-refractivity contribution is 5.73. The van der Waals surface area contributed by atoms with E-state index in [-0.39, 0.29) is 6.03 Å². The van der Waals surface area contributed by atoms with Crippen molar-refractivity contribution >= 4 is 6.03 Å². The zero-order chi connectivity index (χ0) is 9.80. The lowest BCUT2D eigenvalue weighted by Crippen LogP contribution is -2.49. The zero-order valence-corrected chi connectivity index (χ0v) is 8.67. The molecule has 0 aromatic rings. The van der Waals surface area contributed by atoms with Gasteiger partial charge < -0.3 is 4.90 Å². The highest BCUT2D eigenvalue weighted by atomic mass is 16.2. The Morgan fingerprint density at radius 3 is 2.07 bits per heavy atom. The molecule has 0 bridgehead atoms. The Kier molecular flexibility index (Phi) is 3.24. The SMILES string of the molecule is O=C(NN1CCCC1)N1CCCCC1. The Balaban J connectivity index is 1.75.